The zero-order chi connectivity index (χ0) is 27.1. The fourth-order valence-corrected chi connectivity index (χ4v) is 4.47. The van der Waals surface area contributed by atoms with E-state index in [0.29, 0.717) is 48.3 Å². The molecule has 3 aromatic carbocycles. The number of rotatable bonds is 11. The van der Waals surface area contributed by atoms with Crippen molar-refractivity contribution in [3.63, 3.8) is 0 Å². The zero-order valence-corrected chi connectivity index (χ0v) is 22.0. The van der Waals surface area contributed by atoms with Crippen molar-refractivity contribution < 1.29 is 14.3 Å². The maximum Gasteiger partial charge on any atom is 0.331 e. The van der Waals surface area contributed by atoms with Crippen molar-refractivity contribution in [1.82, 2.24) is 14.5 Å². The van der Waals surface area contributed by atoms with Crippen molar-refractivity contribution in [3.8, 4) is 11.5 Å². The minimum absolute atomic E-state index is 0.126. The Balaban J connectivity index is 1.40. The Hall–Kier alpha value is -4.33. The average molecular weight is 516 g/mol. The molecule has 0 atom stereocenters. The van der Waals surface area contributed by atoms with Gasteiger partial charge in [-0.1, -0.05) is 48.0 Å². The van der Waals surface area contributed by atoms with Crippen LogP contribution in [0.4, 0.5) is 0 Å². The van der Waals surface area contributed by atoms with Gasteiger partial charge in [-0.05, 0) is 55.2 Å². The summed E-state index contributed by atoms with van der Waals surface area (Å²) in [7, 11) is 3.17. The molecule has 8 nitrogen and oxygen atoms in total. The molecule has 1 amide bonds. The summed E-state index contributed by atoms with van der Waals surface area (Å²) >= 11 is 0. The number of aromatic nitrogens is 2. The first-order valence-corrected chi connectivity index (χ1v) is 12.7. The lowest BCUT2D eigenvalue weighted by atomic mass is 10.1. The number of hydrogen-bond acceptors (Lipinski definition) is 5. The normalized spacial score (nSPS) is 10.9. The second kappa shape index (κ2) is 12.3. The lowest BCUT2D eigenvalue weighted by molar-refractivity contribution is -0.121. The molecule has 1 N–H and O–H groups in total. The second-order valence-electron chi connectivity index (χ2n) is 9.22. The number of methoxy groups -OCH3 is 2. The number of para-hydroxylation sites is 1. The van der Waals surface area contributed by atoms with Gasteiger partial charge in [-0.25, -0.2) is 4.79 Å². The van der Waals surface area contributed by atoms with Gasteiger partial charge in [0.15, 0.2) is 11.5 Å². The average Bonchev–Trinajstić information content (AvgIpc) is 2.93. The Bertz CT molecular complexity index is 1540. The number of fused-ring (bicyclic) bond motifs is 1. The lowest BCUT2D eigenvalue weighted by Gasteiger charge is -2.14. The second-order valence-corrected chi connectivity index (χ2v) is 9.22. The molecule has 1 heterocycles. The number of amides is 1. The van der Waals surface area contributed by atoms with Gasteiger partial charge in [-0.3, -0.25) is 18.7 Å². The standard InChI is InChI=1S/C30H33N3O5/c1-21-10-12-23(13-11-21)20-33-25-8-5-4-7-24(25)29(35)32(30(33)36)18-6-9-28(34)31-17-16-22-14-15-26(37-2)27(19-22)38-3/h4-5,7-8,10-15,19H,6,9,16-18,20H2,1-3H3,(H,31,34). The van der Waals surface area contributed by atoms with Gasteiger partial charge in [0, 0.05) is 19.5 Å². The fraction of sp³-hybridized carbons (Fsp3) is 0.300. The topological polar surface area (TPSA) is 91.6 Å². The summed E-state index contributed by atoms with van der Waals surface area (Å²) in [5.41, 5.74) is 3.02. The first kappa shape index (κ1) is 26.7. The van der Waals surface area contributed by atoms with E-state index in [2.05, 4.69) is 5.32 Å². The molecule has 8 heteroatoms. The van der Waals surface area contributed by atoms with E-state index in [-0.39, 0.29) is 30.1 Å². The largest absolute Gasteiger partial charge is 0.493 e. The van der Waals surface area contributed by atoms with Gasteiger partial charge >= 0.3 is 5.69 Å². The number of carbonyl (C=O) groups excluding carboxylic acids is 1. The van der Waals surface area contributed by atoms with Crippen LogP contribution < -0.4 is 26.0 Å². The molecular weight excluding hydrogens is 482 g/mol. The number of aryl methyl sites for hydroxylation is 1. The number of hydrogen-bond donors (Lipinski definition) is 1. The van der Waals surface area contributed by atoms with E-state index in [1.165, 1.54) is 4.57 Å². The smallest absolute Gasteiger partial charge is 0.331 e. The van der Waals surface area contributed by atoms with Crippen LogP contribution in [0.2, 0.25) is 0 Å². The lowest BCUT2D eigenvalue weighted by Crippen LogP contribution is -2.40. The van der Waals surface area contributed by atoms with Crippen LogP contribution in [0.15, 0.2) is 76.3 Å². The van der Waals surface area contributed by atoms with Gasteiger partial charge < -0.3 is 14.8 Å². The molecule has 4 rings (SSSR count). The molecule has 1 aromatic heterocycles. The van der Waals surface area contributed by atoms with Gasteiger partial charge in [0.2, 0.25) is 5.91 Å². The monoisotopic (exact) mass is 515 g/mol. The summed E-state index contributed by atoms with van der Waals surface area (Å²) in [5.74, 6) is 1.17. The molecule has 4 aromatic rings. The number of ether oxygens (including phenoxy) is 2. The molecule has 0 bridgehead atoms. The van der Waals surface area contributed by atoms with Crippen molar-refractivity contribution in [2.24, 2.45) is 0 Å². The zero-order valence-electron chi connectivity index (χ0n) is 22.0. The van der Waals surface area contributed by atoms with E-state index in [1.807, 2.05) is 55.5 Å². The van der Waals surface area contributed by atoms with Crippen molar-refractivity contribution >= 4 is 16.8 Å². The molecule has 0 aliphatic rings. The van der Waals surface area contributed by atoms with Gasteiger partial charge in [-0.2, -0.15) is 0 Å². The number of nitrogens with zero attached hydrogens (tertiary/aromatic N) is 2. The van der Waals surface area contributed by atoms with Crippen LogP contribution in [-0.4, -0.2) is 35.8 Å². The Labute approximate surface area is 221 Å². The van der Waals surface area contributed by atoms with Crippen molar-refractivity contribution in [1.29, 1.82) is 0 Å². The molecule has 0 unspecified atom stereocenters. The van der Waals surface area contributed by atoms with E-state index in [1.54, 1.807) is 37.0 Å². The first-order chi connectivity index (χ1) is 18.4. The van der Waals surface area contributed by atoms with Crippen LogP contribution in [0.5, 0.6) is 11.5 Å². The van der Waals surface area contributed by atoms with Crippen molar-refractivity contribution in [3.05, 3.63) is 104 Å². The summed E-state index contributed by atoms with van der Waals surface area (Å²) in [6.45, 7) is 3.00. The highest BCUT2D eigenvalue weighted by molar-refractivity contribution is 5.78. The van der Waals surface area contributed by atoms with Crippen LogP contribution in [-0.2, 0) is 24.3 Å². The molecule has 0 fully saturated rings. The summed E-state index contributed by atoms with van der Waals surface area (Å²) in [6.07, 6.45) is 1.22. The Morgan fingerprint density at radius 2 is 1.58 bits per heavy atom. The summed E-state index contributed by atoms with van der Waals surface area (Å²) < 4.78 is 13.5. The van der Waals surface area contributed by atoms with Gasteiger partial charge in [0.05, 0.1) is 31.7 Å². The summed E-state index contributed by atoms with van der Waals surface area (Å²) in [5, 5.41) is 3.39. The van der Waals surface area contributed by atoms with Crippen molar-refractivity contribution in [2.45, 2.75) is 39.3 Å². The maximum absolute atomic E-state index is 13.4. The minimum atomic E-state index is -0.372. The fourth-order valence-electron chi connectivity index (χ4n) is 4.47. The summed E-state index contributed by atoms with van der Waals surface area (Å²) in [4.78, 5) is 39.0. The number of benzene rings is 3. The molecule has 0 spiro atoms. The first-order valence-electron chi connectivity index (χ1n) is 12.7. The molecule has 0 saturated carbocycles. The maximum atomic E-state index is 13.4. The molecule has 0 radical (unpaired) electrons. The van der Waals surface area contributed by atoms with Crippen LogP contribution >= 0.6 is 0 Å². The number of nitrogens with one attached hydrogen (secondary N) is 1. The van der Waals surface area contributed by atoms with Crippen molar-refractivity contribution in [2.75, 3.05) is 20.8 Å². The van der Waals surface area contributed by atoms with E-state index in [0.717, 1.165) is 16.7 Å². The molecular formula is C30H33N3O5. The van der Waals surface area contributed by atoms with Crippen LogP contribution in [0.1, 0.15) is 29.5 Å². The Morgan fingerprint density at radius 1 is 0.868 bits per heavy atom. The van der Waals surface area contributed by atoms with Gasteiger partial charge in [-0.15, -0.1) is 0 Å². The predicted molar refractivity (Wildman–Crippen MR) is 148 cm³/mol. The van der Waals surface area contributed by atoms with Crippen LogP contribution in [0.3, 0.4) is 0 Å². The Morgan fingerprint density at radius 3 is 2.32 bits per heavy atom. The van der Waals surface area contributed by atoms with Crippen LogP contribution in [0, 0.1) is 6.92 Å². The highest BCUT2D eigenvalue weighted by atomic mass is 16.5. The van der Waals surface area contributed by atoms with E-state index < -0.39 is 0 Å². The summed E-state index contributed by atoms with van der Waals surface area (Å²) in [6, 6.07) is 20.8. The predicted octanol–water partition coefficient (Wildman–Crippen LogP) is 3.68. The molecule has 0 aliphatic carbocycles. The highest BCUT2D eigenvalue weighted by Gasteiger charge is 2.14. The van der Waals surface area contributed by atoms with E-state index in [9.17, 15) is 14.4 Å². The number of carbonyl (C=O) groups is 1. The third kappa shape index (κ3) is 6.14. The Kier molecular flexibility index (Phi) is 8.63. The van der Waals surface area contributed by atoms with Crippen LogP contribution in [0.25, 0.3) is 10.9 Å². The molecule has 38 heavy (non-hydrogen) atoms. The van der Waals surface area contributed by atoms with Gasteiger partial charge in [0.25, 0.3) is 5.56 Å². The highest BCUT2D eigenvalue weighted by Crippen LogP contribution is 2.27. The SMILES string of the molecule is COc1ccc(CCNC(=O)CCCn2c(=O)c3ccccc3n(Cc3ccc(C)cc3)c2=O)cc1OC. The minimum Gasteiger partial charge on any atom is -0.493 e. The quantitative estimate of drug-likeness (QED) is 0.329. The van der Waals surface area contributed by atoms with E-state index >= 15 is 0 Å². The molecule has 0 aliphatic heterocycles. The third-order valence-electron chi connectivity index (χ3n) is 6.56. The molecule has 0 saturated heterocycles. The van der Waals surface area contributed by atoms with Gasteiger partial charge in [0.1, 0.15) is 0 Å². The van der Waals surface area contributed by atoms with E-state index in [4.69, 9.17) is 9.47 Å². The molecule has 198 valence electrons. The third-order valence-corrected chi connectivity index (χ3v) is 6.56.